The van der Waals surface area contributed by atoms with E-state index in [4.69, 9.17) is 10.8 Å². The second-order valence-electron chi connectivity index (χ2n) is 5.53. The lowest BCUT2D eigenvalue weighted by molar-refractivity contribution is 0.302. The summed E-state index contributed by atoms with van der Waals surface area (Å²) in [5, 5.41) is 4.77. The lowest BCUT2D eigenvalue weighted by atomic mass is 9.95. The van der Waals surface area contributed by atoms with E-state index < -0.39 is 0 Å². The van der Waals surface area contributed by atoms with E-state index in [0.717, 1.165) is 25.3 Å². The molecule has 4 nitrogen and oxygen atoms in total. The summed E-state index contributed by atoms with van der Waals surface area (Å²) in [7, 11) is 2.15. The van der Waals surface area contributed by atoms with E-state index in [1.54, 1.807) is 0 Å². The molecular weight excluding hydrogens is 212 g/mol. The summed E-state index contributed by atoms with van der Waals surface area (Å²) in [6, 6.07) is 0.555. The normalized spacial score (nSPS) is 22.6. The molecule has 0 bridgehead atoms. The second-order valence-corrected chi connectivity index (χ2v) is 5.53. The predicted molar refractivity (Wildman–Crippen MR) is 68.8 cm³/mol. The summed E-state index contributed by atoms with van der Waals surface area (Å²) in [6.45, 7) is 2.06. The van der Waals surface area contributed by atoms with Crippen LogP contribution in [0.1, 0.15) is 49.4 Å². The van der Waals surface area contributed by atoms with Crippen molar-refractivity contribution in [2.24, 2.45) is 0 Å². The molecule has 1 aliphatic carbocycles. The molecule has 0 saturated heterocycles. The molecule has 2 aliphatic rings. The molecule has 2 heterocycles. The van der Waals surface area contributed by atoms with Gasteiger partial charge in [-0.15, -0.1) is 0 Å². The Kier molecular flexibility index (Phi) is 2.82. The van der Waals surface area contributed by atoms with Gasteiger partial charge in [0.25, 0.3) is 0 Å². The smallest absolute Gasteiger partial charge is 0.125 e. The molecular formula is C13H22N4. The predicted octanol–water partition coefficient (Wildman–Crippen LogP) is 1.96. The third kappa shape index (κ3) is 1.95. The standard InChI is InChI=1S/C13H22N4/c1-16-8-7-11-12(9-16)15-17(13(11)14)10-5-3-2-4-6-10/h10H,2-9,14H2,1H3. The second kappa shape index (κ2) is 4.33. The molecule has 2 N–H and O–H groups in total. The van der Waals surface area contributed by atoms with Gasteiger partial charge in [-0.2, -0.15) is 5.10 Å². The van der Waals surface area contributed by atoms with Crippen LogP contribution >= 0.6 is 0 Å². The zero-order chi connectivity index (χ0) is 11.8. The highest BCUT2D eigenvalue weighted by Crippen LogP contribution is 2.32. The van der Waals surface area contributed by atoms with Gasteiger partial charge in [0.05, 0.1) is 11.7 Å². The highest BCUT2D eigenvalue weighted by Gasteiger charge is 2.25. The monoisotopic (exact) mass is 234 g/mol. The Bertz CT molecular complexity index is 404. The third-order valence-corrected chi connectivity index (χ3v) is 4.22. The Morgan fingerprint density at radius 2 is 2.00 bits per heavy atom. The minimum Gasteiger partial charge on any atom is -0.384 e. The fourth-order valence-corrected chi connectivity index (χ4v) is 3.17. The summed E-state index contributed by atoms with van der Waals surface area (Å²) in [5.74, 6) is 0.944. The molecule has 0 aromatic carbocycles. The summed E-state index contributed by atoms with van der Waals surface area (Å²) < 4.78 is 2.13. The van der Waals surface area contributed by atoms with E-state index in [0.29, 0.717) is 6.04 Å². The quantitative estimate of drug-likeness (QED) is 0.808. The van der Waals surface area contributed by atoms with Crippen molar-refractivity contribution in [1.29, 1.82) is 0 Å². The van der Waals surface area contributed by atoms with E-state index >= 15 is 0 Å². The van der Waals surface area contributed by atoms with Crippen molar-refractivity contribution < 1.29 is 0 Å². The fraction of sp³-hybridized carbons (Fsp3) is 0.769. The molecule has 17 heavy (non-hydrogen) atoms. The molecule has 0 unspecified atom stereocenters. The van der Waals surface area contributed by atoms with Gasteiger partial charge < -0.3 is 10.6 Å². The minimum absolute atomic E-state index is 0.555. The largest absolute Gasteiger partial charge is 0.384 e. The zero-order valence-corrected chi connectivity index (χ0v) is 10.7. The summed E-state index contributed by atoms with van der Waals surface area (Å²) in [5.41, 5.74) is 8.81. The topological polar surface area (TPSA) is 47.1 Å². The van der Waals surface area contributed by atoms with Crippen LogP contribution in [-0.2, 0) is 13.0 Å². The van der Waals surface area contributed by atoms with Gasteiger partial charge in [-0.3, -0.25) is 0 Å². The maximum Gasteiger partial charge on any atom is 0.125 e. The number of nitrogen functional groups attached to an aromatic ring is 1. The highest BCUT2D eigenvalue weighted by molar-refractivity contribution is 5.45. The van der Waals surface area contributed by atoms with Gasteiger partial charge in [0, 0.05) is 18.7 Å². The van der Waals surface area contributed by atoms with Crippen LogP contribution in [0.25, 0.3) is 0 Å². The van der Waals surface area contributed by atoms with Gasteiger partial charge in [0.2, 0.25) is 0 Å². The average molecular weight is 234 g/mol. The number of fused-ring (bicyclic) bond motifs is 1. The van der Waals surface area contributed by atoms with Crippen molar-refractivity contribution >= 4 is 5.82 Å². The van der Waals surface area contributed by atoms with Crippen LogP contribution in [0.3, 0.4) is 0 Å². The van der Waals surface area contributed by atoms with Crippen LogP contribution < -0.4 is 5.73 Å². The number of anilines is 1. The number of nitrogens with zero attached hydrogens (tertiary/aromatic N) is 3. The number of likely N-dealkylation sites (N-methyl/N-ethyl adjacent to an activating group) is 1. The molecule has 94 valence electrons. The number of hydrogen-bond donors (Lipinski definition) is 1. The SMILES string of the molecule is CN1CCc2c(nn(C3CCCCC3)c2N)C1. The maximum atomic E-state index is 6.28. The van der Waals surface area contributed by atoms with Gasteiger partial charge in [0.1, 0.15) is 5.82 Å². The molecule has 1 saturated carbocycles. The van der Waals surface area contributed by atoms with Crippen LogP contribution in [0.2, 0.25) is 0 Å². The van der Waals surface area contributed by atoms with Gasteiger partial charge in [-0.25, -0.2) is 4.68 Å². The summed E-state index contributed by atoms with van der Waals surface area (Å²) >= 11 is 0. The molecule has 1 aromatic rings. The summed E-state index contributed by atoms with van der Waals surface area (Å²) in [4.78, 5) is 2.32. The molecule has 3 rings (SSSR count). The van der Waals surface area contributed by atoms with E-state index in [2.05, 4.69) is 16.6 Å². The molecule has 0 atom stereocenters. The summed E-state index contributed by atoms with van der Waals surface area (Å²) in [6.07, 6.45) is 7.59. The number of hydrogen-bond acceptors (Lipinski definition) is 3. The van der Waals surface area contributed by atoms with Crippen LogP contribution in [0.15, 0.2) is 0 Å². The lowest BCUT2D eigenvalue weighted by Crippen LogP contribution is -2.26. The molecule has 1 aliphatic heterocycles. The molecule has 0 spiro atoms. The van der Waals surface area contributed by atoms with E-state index in [1.807, 2.05) is 0 Å². The highest BCUT2D eigenvalue weighted by atomic mass is 15.3. The van der Waals surface area contributed by atoms with Crippen molar-refractivity contribution in [2.45, 2.75) is 51.1 Å². The number of rotatable bonds is 1. The fourth-order valence-electron chi connectivity index (χ4n) is 3.17. The van der Waals surface area contributed by atoms with E-state index in [1.165, 1.54) is 43.4 Å². The first kappa shape index (κ1) is 11.1. The molecule has 4 heteroatoms. The Balaban J connectivity index is 1.90. The molecule has 0 radical (unpaired) electrons. The van der Waals surface area contributed by atoms with Gasteiger partial charge >= 0.3 is 0 Å². The van der Waals surface area contributed by atoms with Crippen LogP contribution in [-0.4, -0.2) is 28.3 Å². The van der Waals surface area contributed by atoms with Crippen LogP contribution in [0, 0.1) is 0 Å². The number of nitrogens with two attached hydrogens (primary N) is 1. The van der Waals surface area contributed by atoms with Crippen molar-refractivity contribution in [1.82, 2.24) is 14.7 Å². The minimum atomic E-state index is 0.555. The van der Waals surface area contributed by atoms with Crippen molar-refractivity contribution in [3.63, 3.8) is 0 Å². The molecule has 1 fully saturated rings. The van der Waals surface area contributed by atoms with E-state index in [9.17, 15) is 0 Å². The van der Waals surface area contributed by atoms with Crippen molar-refractivity contribution in [3.05, 3.63) is 11.3 Å². The Labute approximate surface area is 103 Å². The van der Waals surface area contributed by atoms with Crippen LogP contribution in [0.4, 0.5) is 5.82 Å². The van der Waals surface area contributed by atoms with Gasteiger partial charge in [0.15, 0.2) is 0 Å². The van der Waals surface area contributed by atoms with Crippen LogP contribution in [0.5, 0.6) is 0 Å². The van der Waals surface area contributed by atoms with E-state index in [-0.39, 0.29) is 0 Å². The Morgan fingerprint density at radius 1 is 1.24 bits per heavy atom. The molecule has 0 amide bonds. The van der Waals surface area contributed by atoms with Crippen molar-refractivity contribution in [3.8, 4) is 0 Å². The maximum absolute atomic E-state index is 6.28. The molecule has 1 aromatic heterocycles. The first-order chi connectivity index (χ1) is 8.25. The zero-order valence-electron chi connectivity index (χ0n) is 10.7. The average Bonchev–Trinajstić information content (AvgIpc) is 2.67. The third-order valence-electron chi connectivity index (χ3n) is 4.22. The van der Waals surface area contributed by atoms with Gasteiger partial charge in [-0.05, 0) is 26.3 Å². The first-order valence-corrected chi connectivity index (χ1v) is 6.80. The van der Waals surface area contributed by atoms with Gasteiger partial charge in [-0.1, -0.05) is 19.3 Å². The Hall–Kier alpha value is -1.03. The first-order valence-electron chi connectivity index (χ1n) is 6.80. The number of aromatic nitrogens is 2. The lowest BCUT2D eigenvalue weighted by Gasteiger charge is -2.23. The Morgan fingerprint density at radius 3 is 2.76 bits per heavy atom. The van der Waals surface area contributed by atoms with Crippen molar-refractivity contribution in [2.75, 3.05) is 19.3 Å².